The standard InChI is InChI=1S/C17H29N9O5/c1-9(16(30)31)25-15(29)12(5-10-6-21-8-24-10)26-13(27)7-23-14(28)11(18)3-2-4-22-17(19)20/h6,8-9,11-12H,2-5,7,18H2,1H3,(H,21,24)(H,23,28)(H,25,29)(H,26,27)(H,30,31)(H4,19,20,22). The van der Waals surface area contributed by atoms with Gasteiger partial charge in [-0.2, -0.15) is 0 Å². The van der Waals surface area contributed by atoms with E-state index in [-0.39, 0.29) is 12.4 Å². The number of imidazole rings is 1. The largest absolute Gasteiger partial charge is 0.480 e. The van der Waals surface area contributed by atoms with E-state index < -0.39 is 48.4 Å². The zero-order valence-corrected chi connectivity index (χ0v) is 17.1. The van der Waals surface area contributed by atoms with Gasteiger partial charge in [-0.05, 0) is 19.8 Å². The number of carboxylic acids is 1. The topological polar surface area (TPSA) is 244 Å². The number of aliphatic imine (C=N–C) groups is 1. The first-order valence-electron chi connectivity index (χ1n) is 9.48. The van der Waals surface area contributed by atoms with Gasteiger partial charge in [-0.1, -0.05) is 0 Å². The summed E-state index contributed by atoms with van der Waals surface area (Å²) in [6, 6.07) is -3.09. The van der Waals surface area contributed by atoms with Crippen molar-refractivity contribution in [1.82, 2.24) is 25.9 Å². The average Bonchev–Trinajstić information content (AvgIpc) is 3.21. The number of H-pyrrole nitrogens is 1. The van der Waals surface area contributed by atoms with Crippen molar-refractivity contribution < 1.29 is 24.3 Å². The van der Waals surface area contributed by atoms with E-state index in [0.717, 1.165) is 0 Å². The maximum atomic E-state index is 12.4. The number of aromatic amines is 1. The maximum absolute atomic E-state index is 12.4. The lowest BCUT2D eigenvalue weighted by molar-refractivity contribution is -0.141. The van der Waals surface area contributed by atoms with Crippen LogP contribution in [0.3, 0.4) is 0 Å². The van der Waals surface area contributed by atoms with Gasteiger partial charge >= 0.3 is 5.97 Å². The molecule has 0 aromatic carbocycles. The molecule has 1 heterocycles. The van der Waals surface area contributed by atoms with Crippen molar-refractivity contribution in [3.63, 3.8) is 0 Å². The van der Waals surface area contributed by atoms with Crippen molar-refractivity contribution in [2.75, 3.05) is 13.1 Å². The number of carbonyl (C=O) groups is 4. The van der Waals surface area contributed by atoms with Gasteiger partial charge < -0.3 is 43.2 Å². The Hall–Kier alpha value is -3.68. The highest BCUT2D eigenvalue weighted by molar-refractivity contribution is 5.92. The lowest BCUT2D eigenvalue weighted by Gasteiger charge is -2.20. The van der Waals surface area contributed by atoms with E-state index in [9.17, 15) is 19.2 Å². The summed E-state index contributed by atoms with van der Waals surface area (Å²) in [5, 5.41) is 16.1. The van der Waals surface area contributed by atoms with E-state index >= 15 is 0 Å². The van der Waals surface area contributed by atoms with Crippen molar-refractivity contribution >= 4 is 29.7 Å². The van der Waals surface area contributed by atoms with Gasteiger partial charge in [0, 0.05) is 24.9 Å². The molecule has 3 amide bonds. The summed E-state index contributed by atoms with van der Waals surface area (Å²) in [6.07, 6.45) is 3.70. The predicted octanol–water partition coefficient (Wildman–Crippen LogP) is -3.48. The minimum atomic E-state index is -1.22. The molecule has 0 aliphatic carbocycles. The average molecular weight is 439 g/mol. The smallest absolute Gasteiger partial charge is 0.325 e. The lowest BCUT2D eigenvalue weighted by atomic mass is 10.1. The summed E-state index contributed by atoms with van der Waals surface area (Å²) in [6.45, 7) is 1.20. The van der Waals surface area contributed by atoms with Crippen LogP contribution < -0.4 is 33.2 Å². The molecule has 0 spiro atoms. The van der Waals surface area contributed by atoms with Crippen LogP contribution in [0.5, 0.6) is 0 Å². The summed E-state index contributed by atoms with van der Waals surface area (Å²) in [7, 11) is 0. The van der Waals surface area contributed by atoms with E-state index in [2.05, 4.69) is 30.9 Å². The first kappa shape index (κ1) is 25.4. The van der Waals surface area contributed by atoms with Gasteiger partial charge in [0.2, 0.25) is 17.7 Å². The van der Waals surface area contributed by atoms with Crippen LogP contribution in [0.15, 0.2) is 17.5 Å². The Morgan fingerprint density at radius 2 is 1.94 bits per heavy atom. The molecule has 0 saturated carbocycles. The second kappa shape index (κ2) is 12.8. The molecule has 0 bridgehead atoms. The highest BCUT2D eigenvalue weighted by Crippen LogP contribution is 2.00. The minimum absolute atomic E-state index is 0.0438. The number of nitrogens with two attached hydrogens (primary N) is 3. The number of carbonyl (C=O) groups excluding carboxylic acids is 3. The van der Waals surface area contributed by atoms with E-state index in [1.54, 1.807) is 0 Å². The number of hydrogen-bond acceptors (Lipinski definition) is 7. The Morgan fingerprint density at radius 3 is 2.52 bits per heavy atom. The summed E-state index contributed by atoms with van der Waals surface area (Å²) < 4.78 is 0. The first-order valence-corrected chi connectivity index (χ1v) is 9.48. The molecule has 11 N–H and O–H groups in total. The number of guanidine groups is 1. The van der Waals surface area contributed by atoms with Crippen molar-refractivity contribution in [2.24, 2.45) is 22.2 Å². The molecule has 0 saturated heterocycles. The van der Waals surface area contributed by atoms with Gasteiger partial charge in [0.15, 0.2) is 5.96 Å². The van der Waals surface area contributed by atoms with Crippen LogP contribution in [-0.2, 0) is 25.6 Å². The van der Waals surface area contributed by atoms with Gasteiger partial charge in [0.1, 0.15) is 12.1 Å². The zero-order valence-electron chi connectivity index (χ0n) is 17.1. The lowest BCUT2D eigenvalue weighted by Crippen LogP contribution is -2.54. The number of nitrogens with zero attached hydrogens (tertiary/aromatic N) is 2. The fraction of sp³-hybridized carbons (Fsp3) is 0.529. The van der Waals surface area contributed by atoms with Crippen LogP contribution in [0.4, 0.5) is 0 Å². The molecular weight excluding hydrogens is 410 g/mol. The molecule has 0 radical (unpaired) electrons. The third-order valence-electron chi connectivity index (χ3n) is 4.09. The fourth-order valence-corrected chi connectivity index (χ4v) is 2.40. The highest BCUT2D eigenvalue weighted by Gasteiger charge is 2.25. The Bertz CT molecular complexity index is 777. The van der Waals surface area contributed by atoms with Crippen molar-refractivity contribution in [2.45, 2.75) is 44.3 Å². The second-order valence-corrected chi connectivity index (χ2v) is 6.74. The number of nitrogens with one attached hydrogen (secondary N) is 4. The highest BCUT2D eigenvalue weighted by atomic mass is 16.4. The molecule has 172 valence electrons. The van der Waals surface area contributed by atoms with Gasteiger partial charge in [0.25, 0.3) is 0 Å². The fourth-order valence-electron chi connectivity index (χ4n) is 2.40. The molecule has 31 heavy (non-hydrogen) atoms. The van der Waals surface area contributed by atoms with Crippen LogP contribution in [0, 0.1) is 0 Å². The third kappa shape index (κ3) is 10.1. The minimum Gasteiger partial charge on any atom is -0.480 e. The van der Waals surface area contributed by atoms with Crippen molar-refractivity contribution in [3.8, 4) is 0 Å². The number of amides is 3. The van der Waals surface area contributed by atoms with E-state index in [1.807, 2.05) is 0 Å². The number of carboxylic acid groups (broad SMARTS) is 1. The summed E-state index contributed by atoms with van der Waals surface area (Å²) in [5.41, 5.74) is 16.7. The Kier molecular flexibility index (Phi) is 10.5. The molecule has 0 fully saturated rings. The molecule has 14 nitrogen and oxygen atoms in total. The molecule has 1 rings (SSSR count). The Morgan fingerprint density at radius 1 is 1.23 bits per heavy atom. The molecule has 14 heteroatoms. The molecule has 0 aliphatic rings. The van der Waals surface area contributed by atoms with E-state index in [4.69, 9.17) is 22.3 Å². The maximum Gasteiger partial charge on any atom is 0.325 e. The summed E-state index contributed by atoms with van der Waals surface area (Å²) >= 11 is 0. The number of hydrogen-bond donors (Lipinski definition) is 8. The third-order valence-corrected chi connectivity index (χ3v) is 4.09. The van der Waals surface area contributed by atoms with Crippen LogP contribution >= 0.6 is 0 Å². The summed E-state index contributed by atoms with van der Waals surface area (Å²) in [4.78, 5) is 58.0. The molecule has 0 aliphatic heterocycles. The first-order chi connectivity index (χ1) is 14.6. The number of aromatic nitrogens is 2. The van der Waals surface area contributed by atoms with Crippen LogP contribution in [0.2, 0.25) is 0 Å². The van der Waals surface area contributed by atoms with Gasteiger partial charge in [0.05, 0.1) is 18.9 Å². The molecule has 1 aromatic heterocycles. The molecule has 1 aromatic rings. The quantitative estimate of drug-likeness (QED) is 0.0862. The zero-order chi connectivity index (χ0) is 23.4. The normalized spacial score (nSPS) is 13.4. The molecular formula is C17H29N9O5. The Labute approximate surface area is 178 Å². The second-order valence-electron chi connectivity index (χ2n) is 6.74. The van der Waals surface area contributed by atoms with Crippen molar-refractivity contribution in [1.29, 1.82) is 0 Å². The molecule has 3 unspecified atom stereocenters. The van der Waals surface area contributed by atoms with Gasteiger partial charge in [-0.3, -0.25) is 24.2 Å². The van der Waals surface area contributed by atoms with E-state index in [0.29, 0.717) is 25.1 Å². The Balaban J connectivity index is 2.57. The van der Waals surface area contributed by atoms with Crippen LogP contribution in [0.1, 0.15) is 25.5 Å². The van der Waals surface area contributed by atoms with Gasteiger partial charge in [-0.15, -0.1) is 0 Å². The number of rotatable bonds is 13. The van der Waals surface area contributed by atoms with E-state index in [1.165, 1.54) is 19.4 Å². The predicted molar refractivity (Wildman–Crippen MR) is 110 cm³/mol. The summed E-state index contributed by atoms with van der Waals surface area (Å²) in [5.74, 6) is -3.17. The van der Waals surface area contributed by atoms with Gasteiger partial charge in [-0.25, -0.2) is 4.98 Å². The van der Waals surface area contributed by atoms with Crippen LogP contribution in [0.25, 0.3) is 0 Å². The monoisotopic (exact) mass is 439 g/mol. The van der Waals surface area contributed by atoms with Crippen molar-refractivity contribution in [3.05, 3.63) is 18.2 Å². The molecule has 3 atom stereocenters. The number of aliphatic carboxylic acids is 1. The van der Waals surface area contributed by atoms with Crippen LogP contribution in [-0.4, -0.2) is 75.9 Å². The SMILES string of the molecule is CC(NC(=O)C(Cc1cnc[nH]1)NC(=O)CNC(=O)C(N)CCCN=C(N)N)C(=O)O.